The molecule has 0 aromatic heterocycles. The summed E-state index contributed by atoms with van der Waals surface area (Å²) >= 11 is 0. The first-order valence-corrected chi connectivity index (χ1v) is 10.8. The van der Waals surface area contributed by atoms with Crippen LogP contribution in [0.2, 0.25) is 0 Å². The second-order valence-electron chi connectivity index (χ2n) is 6.55. The number of piperidine rings is 1. The first-order chi connectivity index (χ1) is 12.9. The molecule has 0 bridgehead atoms. The lowest BCUT2D eigenvalue weighted by Crippen LogP contribution is -2.49. The summed E-state index contributed by atoms with van der Waals surface area (Å²) in [6.45, 7) is 3.31. The van der Waals surface area contributed by atoms with E-state index >= 15 is 0 Å². The zero-order valence-electron chi connectivity index (χ0n) is 16.6. The summed E-state index contributed by atoms with van der Waals surface area (Å²) in [6.07, 6.45) is 2.09. The summed E-state index contributed by atoms with van der Waals surface area (Å²) < 4.78 is 31.1. The number of halogens is 1. The molecule has 0 amide bonds. The molecule has 0 unspecified atom stereocenters. The fourth-order valence-electron chi connectivity index (χ4n) is 3.06. The Kier molecular flexibility index (Phi) is 10.3. The number of ether oxygens (including phenoxy) is 1. The van der Waals surface area contributed by atoms with Crippen LogP contribution in [0.5, 0.6) is 11.5 Å². The van der Waals surface area contributed by atoms with Gasteiger partial charge in [-0.05, 0) is 37.5 Å². The molecule has 1 aliphatic heterocycles. The first kappa shape index (κ1) is 24.8. The fourth-order valence-corrected chi connectivity index (χ4v) is 4.60. The van der Waals surface area contributed by atoms with Crippen molar-refractivity contribution in [1.82, 2.24) is 14.9 Å². The maximum absolute atomic E-state index is 12.1. The number of aromatic hydroxyl groups is 1. The zero-order chi connectivity index (χ0) is 19.9. The van der Waals surface area contributed by atoms with E-state index in [0.717, 1.165) is 12.8 Å². The number of hydrogen-bond acceptors (Lipinski definition) is 5. The molecular weight excluding hydrogens is 495 g/mol. The zero-order valence-corrected chi connectivity index (χ0v) is 19.8. The van der Waals surface area contributed by atoms with E-state index in [2.05, 4.69) is 15.6 Å². The molecule has 0 spiro atoms. The minimum Gasteiger partial charge on any atom is -0.508 e. The van der Waals surface area contributed by atoms with Gasteiger partial charge < -0.3 is 20.5 Å². The average molecular weight is 526 g/mol. The van der Waals surface area contributed by atoms with Gasteiger partial charge >= 0.3 is 0 Å². The van der Waals surface area contributed by atoms with Crippen LogP contribution < -0.4 is 15.4 Å². The maximum Gasteiger partial charge on any atom is 0.214 e. The third kappa shape index (κ3) is 6.96. The Hall–Kier alpha value is -1.27. The smallest absolute Gasteiger partial charge is 0.214 e. The Bertz CT molecular complexity index is 750. The largest absolute Gasteiger partial charge is 0.508 e. The second-order valence-corrected chi connectivity index (χ2v) is 8.64. The van der Waals surface area contributed by atoms with E-state index in [1.165, 1.54) is 0 Å². The van der Waals surface area contributed by atoms with Crippen LogP contribution in [0.1, 0.15) is 31.7 Å². The molecule has 0 radical (unpaired) electrons. The quantitative estimate of drug-likeness (QED) is 0.285. The molecule has 1 aromatic carbocycles. The van der Waals surface area contributed by atoms with Gasteiger partial charge in [0, 0.05) is 38.3 Å². The third-order valence-corrected chi connectivity index (χ3v) is 6.68. The van der Waals surface area contributed by atoms with E-state index in [1.54, 1.807) is 36.7 Å². The Morgan fingerprint density at radius 1 is 1.36 bits per heavy atom. The molecule has 160 valence electrons. The summed E-state index contributed by atoms with van der Waals surface area (Å²) in [6, 6.07) is 5.22. The highest BCUT2D eigenvalue weighted by atomic mass is 127. The van der Waals surface area contributed by atoms with Gasteiger partial charge in [0.05, 0.1) is 12.9 Å². The normalized spacial score (nSPS) is 16.3. The standard InChI is InChI=1S/C18H30N4O4S.HI/c1-4-11-27(24,25)22-9-7-15(8-10-22)21-18(19-2)20-13-14-12-16(26-3)5-6-17(14)23;/h5-6,12,15,23H,4,7-11,13H2,1-3H3,(H2,19,20,21);1H. The van der Waals surface area contributed by atoms with Crippen LogP contribution in [-0.2, 0) is 16.6 Å². The van der Waals surface area contributed by atoms with Gasteiger partial charge in [-0.1, -0.05) is 6.92 Å². The van der Waals surface area contributed by atoms with Gasteiger partial charge in [0.25, 0.3) is 0 Å². The minimum atomic E-state index is -3.13. The van der Waals surface area contributed by atoms with E-state index < -0.39 is 10.0 Å². The molecule has 1 saturated heterocycles. The van der Waals surface area contributed by atoms with Crippen molar-refractivity contribution < 1.29 is 18.3 Å². The molecule has 1 heterocycles. The van der Waals surface area contributed by atoms with Crippen molar-refractivity contribution in [3.8, 4) is 11.5 Å². The van der Waals surface area contributed by atoms with Gasteiger partial charge in [0.15, 0.2) is 5.96 Å². The van der Waals surface area contributed by atoms with E-state index in [9.17, 15) is 13.5 Å². The van der Waals surface area contributed by atoms with E-state index in [-0.39, 0.29) is 41.5 Å². The third-order valence-electron chi connectivity index (χ3n) is 4.61. The molecule has 1 aliphatic rings. The number of sulfonamides is 1. The highest BCUT2D eigenvalue weighted by Crippen LogP contribution is 2.22. The average Bonchev–Trinajstić information content (AvgIpc) is 2.66. The van der Waals surface area contributed by atoms with Gasteiger partial charge in [-0.25, -0.2) is 12.7 Å². The number of hydrogen-bond donors (Lipinski definition) is 3. The number of phenolic OH excluding ortho intramolecular Hbond substituents is 1. The first-order valence-electron chi connectivity index (χ1n) is 9.20. The summed E-state index contributed by atoms with van der Waals surface area (Å²) in [4.78, 5) is 4.22. The molecule has 0 atom stereocenters. The van der Waals surface area contributed by atoms with Gasteiger partial charge in [-0.2, -0.15) is 0 Å². The lowest BCUT2D eigenvalue weighted by molar-refractivity contribution is 0.306. The molecule has 8 nitrogen and oxygen atoms in total. The Morgan fingerprint density at radius 2 is 2.04 bits per heavy atom. The monoisotopic (exact) mass is 526 g/mol. The number of nitrogens with zero attached hydrogens (tertiary/aromatic N) is 2. The minimum absolute atomic E-state index is 0. The SMILES string of the molecule is CCCS(=O)(=O)N1CCC(NC(=NC)NCc2cc(OC)ccc2O)CC1.I. The highest BCUT2D eigenvalue weighted by molar-refractivity contribution is 14.0. The van der Waals surface area contributed by atoms with Gasteiger partial charge in [-0.3, -0.25) is 4.99 Å². The van der Waals surface area contributed by atoms with Crippen LogP contribution in [0.15, 0.2) is 23.2 Å². The van der Waals surface area contributed by atoms with Gasteiger partial charge in [0.1, 0.15) is 11.5 Å². The molecule has 10 heteroatoms. The van der Waals surface area contributed by atoms with Crippen LogP contribution in [-0.4, -0.2) is 62.8 Å². The molecule has 1 aromatic rings. The lowest BCUT2D eigenvalue weighted by Gasteiger charge is -2.32. The summed E-state index contributed by atoms with van der Waals surface area (Å²) in [5.74, 6) is 1.69. The predicted octanol–water partition coefficient (Wildman–Crippen LogP) is 1.89. The summed E-state index contributed by atoms with van der Waals surface area (Å²) in [7, 11) is 0.134. The molecule has 0 saturated carbocycles. The number of phenols is 1. The Labute approximate surface area is 184 Å². The van der Waals surface area contributed by atoms with E-state index in [4.69, 9.17) is 4.74 Å². The van der Waals surface area contributed by atoms with Gasteiger partial charge in [0.2, 0.25) is 10.0 Å². The number of guanidine groups is 1. The van der Waals surface area contributed by atoms with Crippen LogP contribution in [0.4, 0.5) is 0 Å². The van der Waals surface area contributed by atoms with Gasteiger partial charge in [-0.15, -0.1) is 24.0 Å². The van der Waals surface area contributed by atoms with Crippen molar-refractivity contribution in [3.63, 3.8) is 0 Å². The van der Waals surface area contributed by atoms with Crippen molar-refractivity contribution in [2.75, 3.05) is 33.0 Å². The van der Waals surface area contributed by atoms with Crippen molar-refractivity contribution in [2.24, 2.45) is 4.99 Å². The number of aliphatic imine (C=N–C) groups is 1. The molecule has 28 heavy (non-hydrogen) atoms. The molecule has 1 fully saturated rings. The lowest BCUT2D eigenvalue weighted by atomic mass is 10.1. The molecule has 3 N–H and O–H groups in total. The number of nitrogens with one attached hydrogen (secondary N) is 2. The summed E-state index contributed by atoms with van der Waals surface area (Å²) in [5, 5.41) is 16.5. The van der Waals surface area contributed by atoms with Crippen LogP contribution in [0.25, 0.3) is 0 Å². The maximum atomic E-state index is 12.1. The molecular formula is C18H31IN4O4S. The Balaban J connectivity index is 0.00000392. The van der Waals surface area contributed by atoms with Crippen LogP contribution in [0, 0.1) is 0 Å². The summed E-state index contributed by atoms with van der Waals surface area (Å²) in [5.41, 5.74) is 0.706. The van der Waals surface area contributed by atoms with Crippen molar-refractivity contribution in [1.29, 1.82) is 0 Å². The highest BCUT2D eigenvalue weighted by Gasteiger charge is 2.27. The predicted molar refractivity (Wildman–Crippen MR) is 122 cm³/mol. The van der Waals surface area contributed by atoms with Crippen molar-refractivity contribution >= 4 is 40.0 Å². The van der Waals surface area contributed by atoms with Crippen molar-refractivity contribution in [2.45, 2.75) is 38.8 Å². The number of methoxy groups -OCH3 is 1. The Morgan fingerprint density at radius 3 is 2.61 bits per heavy atom. The van der Waals surface area contributed by atoms with Crippen LogP contribution in [0.3, 0.4) is 0 Å². The van der Waals surface area contributed by atoms with E-state index in [1.807, 2.05) is 6.92 Å². The number of benzene rings is 1. The van der Waals surface area contributed by atoms with Crippen LogP contribution >= 0.6 is 24.0 Å². The fraction of sp³-hybridized carbons (Fsp3) is 0.611. The second kappa shape index (κ2) is 11.7. The molecule has 2 rings (SSSR count). The molecule has 0 aliphatic carbocycles. The van der Waals surface area contributed by atoms with E-state index in [0.29, 0.717) is 43.3 Å². The number of rotatable bonds is 7. The topological polar surface area (TPSA) is 103 Å². The van der Waals surface area contributed by atoms with Crippen molar-refractivity contribution in [3.05, 3.63) is 23.8 Å².